The number of rotatable bonds is 9. The topological polar surface area (TPSA) is 75.5 Å². The summed E-state index contributed by atoms with van der Waals surface area (Å²) in [5.41, 5.74) is 2.09. The van der Waals surface area contributed by atoms with E-state index < -0.39 is 10.0 Å². The number of nitrogens with zero attached hydrogens (tertiary/aromatic N) is 4. The fourth-order valence-corrected chi connectivity index (χ4v) is 5.51. The van der Waals surface area contributed by atoms with Gasteiger partial charge in [-0.05, 0) is 58.1 Å². The molecule has 1 aromatic heterocycles. The number of piperidine rings is 1. The van der Waals surface area contributed by atoms with E-state index in [0.29, 0.717) is 43.4 Å². The van der Waals surface area contributed by atoms with Gasteiger partial charge in [-0.2, -0.15) is 9.40 Å². The Balaban J connectivity index is 1.47. The van der Waals surface area contributed by atoms with Crippen molar-refractivity contribution in [1.29, 1.82) is 0 Å². The van der Waals surface area contributed by atoms with Gasteiger partial charge < -0.3 is 4.90 Å². The van der Waals surface area contributed by atoms with Crippen LogP contribution >= 0.6 is 0 Å². The van der Waals surface area contributed by atoms with E-state index in [0.717, 1.165) is 36.9 Å². The van der Waals surface area contributed by atoms with E-state index in [1.165, 1.54) is 0 Å². The van der Waals surface area contributed by atoms with E-state index >= 15 is 0 Å². The third kappa shape index (κ3) is 5.95. The summed E-state index contributed by atoms with van der Waals surface area (Å²) < 4.78 is 29.2. The smallest absolute Gasteiger partial charge is 0.243 e. The van der Waals surface area contributed by atoms with Crippen molar-refractivity contribution in [3.05, 3.63) is 47.8 Å². The molecule has 0 atom stereocenters. The normalized spacial score (nSPS) is 15.8. The highest BCUT2D eigenvalue weighted by atomic mass is 32.2. The van der Waals surface area contributed by atoms with Crippen molar-refractivity contribution in [2.75, 3.05) is 19.6 Å². The number of amides is 1. The van der Waals surface area contributed by atoms with Crippen LogP contribution in [-0.2, 0) is 27.9 Å². The minimum atomic E-state index is -3.44. The molecule has 1 amide bonds. The van der Waals surface area contributed by atoms with Crippen LogP contribution in [0.15, 0.2) is 41.6 Å². The molecule has 1 aromatic carbocycles. The van der Waals surface area contributed by atoms with Crippen molar-refractivity contribution >= 4 is 15.9 Å². The maximum atomic E-state index is 12.9. The fourth-order valence-electron chi connectivity index (χ4n) is 4.04. The second kappa shape index (κ2) is 10.4. The first kappa shape index (κ1) is 23.5. The maximum absolute atomic E-state index is 12.9. The van der Waals surface area contributed by atoms with Gasteiger partial charge in [-0.1, -0.05) is 17.7 Å². The number of carbonyl (C=O) groups is 1. The summed E-state index contributed by atoms with van der Waals surface area (Å²) in [6.07, 6.45) is 6.72. The molecule has 7 nitrogen and oxygen atoms in total. The molecule has 31 heavy (non-hydrogen) atoms. The lowest BCUT2D eigenvalue weighted by Gasteiger charge is -2.31. The molecule has 1 fully saturated rings. The molecule has 0 radical (unpaired) electrons. The van der Waals surface area contributed by atoms with E-state index in [-0.39, 0.29) is 5.91 Å². The highest BCUT2D eigenvalue weighted by Crippen LogP contribution is 2.27. The second-order valence-corrected chi connectivity index (χ2v) is 10.2. The fraction of sp³-hybridized carbons (Fsp3) is 0.565. The Morgan fingerprint density at radius 3 is 2.42 bits per heavy atom. The predicted molar refractivity (Wildman–Crippen MR) is 121 cm³/mol. The largest absolute Gasteiger partial charge is 0.339 e. The van der Waals surface area contributed by atoms with Crippen LogP contribution in [0.5, 0.6) is 0 Å². The first-order valence-electron chi connectivity index (χ1n) is 11.2. The lowest BCUT2D eigenvalue weighted by molar-refractivity contribution is -0.132. The van der Waals surface area contributed by atoms with Gasteiger partial charge in [-0.25, -0.2) is 8.42 Å². The standard InChI is InChI=1S/C23H34N4O3S/c1-4-25(17-21-16-24-26(5-2)18-21)23(28)11-8-20-12-14-27(15-13-20)31(29,30)22-9-6-19(3)7-10-22/h6-7,9-10,16,18,20H,4-5,8,11-15,17H2,1-3H3. The van der Waals surface area contributed by atoms with E-state index in [1.807, 2.05) is 54.9 Å². The number of benzene rings is 1. The number of sulfonamides is 1. The van der Waals surface area contributed by atoms with Crippen LogP contribution < -0.4 is 0 Å². The van der Waals surface area contributed by atoms with Crippen molar-refractivity contribution < 1.29 is 13.2 Å². The summed E-state index contributed by atoms with van der Waals surface area (Å²) in [7, 11) is -3.44. The Labute approximate surface area is 186 Å². The molecule has 2 heterocycles. The lowest BCUT2D eigenvalue weighted by Crippen LogP contribution is -2.38. The third-order valence-electron chi connectivity index (χ3n) is 6.12. The average molecular weight is 447 g/mol. The SMILES string of the molecule is CCN(Cc1cnn(CC)c1)C(=O)CCC1CCN(S(=O)(=O)c2ccc(C)cc2)CC1. The molecule has 1 saturated heterocycles. The van der Waals surface area contributed by atoms with E-state index in [4.69, 9.17) is 0 Å². The molecule has 0 aliphatic carbocycles. The quantitative estimate of drug-likeness (QED) is 0.591. The van der Waals surface area contributed by atoms with Crippen molar-refractivity contribution in [2.24, 2.45) is 5.92 Å². The van der Waals surface area contributed by atoms with Crippen LogP contribution in [-0.4, -0.2) is 52.9 Å². The summed E-state index contributed by atoms with van der Waals surface area (Å²) in [5, 5.41) is 4.28. The molecule has 3 rings (SSSR count). The van der Waals surface area contributed by atoms with Gasteiger partial charge in [0.2, 0.25) is 15.9 Å². The molecule has 1 aliphatic rings. The Morgan fingerprint density at radius 2 is 1.84 bits per heavy atom. The summed E-state index contributed by atoms with van der Waals surface area (Å²) in [5.74, 6) is 0.538. The monoisotopic (exact) mass is 446 g/mol. The molecular formula is C23H34N4O3S. The molecular weight excluding hydrogens is 412 g/mol. The number of aryl methyl sites for hydroxylation is 2. The van der Waals surface area contributed by atoms with Crippen molar-refractivity contribution in [2.45, 2.75) is 64.4 Å². The summed E-state index contributed by atoms with van der Waals surface area (Å²) in [4.78, 5) is 15.0. The van der Waals surface area contributed by atoms with E-state index in [1.54, 1.807) is 16.4 Å². The molecule has 0 unspecified atom stereocenters. The zero-order valence-electron chi connectivity index (χ0n) is 18.8. The van der Waals surface area contributed by atoms with Crippen LogP contribution in [0.1, 0.15) is 50.7 Å². The lowest BCUT2D eigenvalue weighted by atomic mass is 9.93. The van der Waals surface area contributed by atoms with E-state index in [2.05, 4.69) is 5.10 Å². The average Bonchev–Trinajstić information content (AvgIpc) is 3.24. The third-order valence-corrected chi connectivity index (χ3v) is 8.03. The van der Waals surface area contributed by atoms with Gasteiger partial charge in [0.05, 0.1) is 11.1 Å². The van der Waals surface area contributed by atoms with E-state index in [9.17, 15) is 13.2 Å². The van der Waals surface area contributed by atoms with Gasteiger partial charge in [0.25, 0.3) is 0 Å². The van der Waals surface area contributed by atoms with Crippen LogP contribution in [0.4, 0.5) is 0 Å². The molecule has 1 aliphatic heterocycles. The van der Waals surface area contributed by atoms with Gasteiger partial charge >= 0.3 is 0 Å². The predicted octanol–water partition coefficient (Wildman–Crippen LogP) is 3.44. The van der Waals surface area contributed by atoms with Gasteiger partial charge in [0.1, 0.15) is 0 Å². The molecule has 0 saturated carbocycles. The first-order valence-corrected chi connectivity index (χ1v) is 12.6. The highest BCUT2D eigenvalue weighted by Gasteiger charge is 2.29. The Kier molecular flexibility index (Phi) is 7.89. The highest BCUT2D eigenvalue weighted by molar-refractivity contribution is 7.89. The number of hydrogen-bond acceptors (Lipinski definition) is 4. The molecule has 0 N–H and O–H groups in total. The summed E-state index contributed by atoms with van der Waals surface area (Å²) >= 11 is 0. The number of carbonyl (C=O) groups excluding carboxylic acids is 1. The zero-order chi connectivity index (χ0) is 22.4. The Morgan fingerprint density at radius 1 is 1.16 bits per heavy atom. The van der Waals surface area contributed by atoms with Crippen LogP contribution in [0.3, 0.4) is 0 Å². The minimum Gasteiger partial charge on any atom is -0.339 e. The molecule has 0 spiro atoms. The van der Waals surface area contributed by atoms with Gasteiger partial charge in [-0.3, -0.25) is 9.48 Å². The van der Waals surface area contributed by atoms with Crippen molar-refractivity contribution in [1.82, 2.24) is 19.0 Å². The van der Waals surface area contributed by atoms with Crippen LogP contribution in [0, 0.1) is 12.8 Å². The van der Waals surface area contributed by atoms with Gasteiger partial charge in [0, 0.05) is 50.9 Å². The number of hydrogen-bond donors (Lipinski definition) is 0. The van der Waals surface area contributed by atoms with Crippen molar-refractivity contribution in [3.8, 4) is 0 Å². The molecule has 0 bridgehead atoms. The zero-order valence-corrected chi connectivity index (χ0v) is 19.6. The maximum Gasteiger partial charge on any atom is 0.243 e. The minimum absolute atomic E-state index is 0.154. The van der Waals surface area contributed by atoms with Crippen LogP contribution in [0.25, 0.3) is 0 Å². The Bertz CT molecular complexity index is 961. The van der Waals surface area contributed by atoms with Gasteiger partial charge in [0.15, 0.2) is 0 Å². The first-order chi connectivity index (χ1) is 14.8. The molecule has 170 valence electrons. The summed E-state index contributed by atoms with van der Waals surface area (Å²) in [6.45, 7) is 9.09. The second-order valence-electron chi connectivity index (χ2n) is 8.31. The van der Waals surface area contributed by atoms with Crippen molar-refractivity contribution in [3.63, 3.8) is 0 Å². The summed E-state index contributed by atoms with van der Waals surface area (Å²) in [6, 6.07) is 7.02. The Hall–Kier alpha value is -2.19. The van der Waals surface area contributed by atoms with Gasteiger partial charge in [-0.15, -0.1) is 0 Å². The number of aromatic nitrogens is 2. The molecule has 8 heteroatoms. The molecule has 2 aromatic rings. The van der Waals surface area contributed by atoms with Crippen LogP contribution in [0.2, 0.25) is 0 Å².